The van der Waals surface area contributed by atoms with Crippen LogP contribution in [0.4, 0.5) is 11.4 Å². The number of fused-ring (bicyclic) bond motifs is 1. The Bertz CT molecular complexity index is 624. The number of hydrogen-bond acceptors (Lipinski definition) is 3. The lowest BCUT2D eigenvalue weighted by Gasteiger charge is -2.29. The molecule has 2 aromatic rings. The molecular weight excluding hydrogens is 238 g/mol. The van der Waals surface area contributed by atoms with Gasteiger partial charge in [-0.25, -0.2) is 0 Å². The highest BCUT2D eigenvalue weighted by molar-refractivity contribution is 6.09. The Balaban J connectivity index is 2.00. The fourth-order valence-electron chi connectivity index (χ4n) is 2.49. The average Bonchev–Trinajstić information content (AvgIpc) is 2.46. The van der Waals surface area contributed by atoms with Crippen molar-refractivity contribution in [3.05, 3.63) is 53.9 Å². The maximum Gasteiger partial charge on any atom is 0.260 e. The number of para-hydroxylation sites is 1. The Kier molecular flexibility index (Phi) is 2.91. The molecule has 0 radical (unpaired) electrons. The van der Waals surface area contributed by atoms with E-state index in [2.05, 4.69) is 11.1 Å². The molecule has 2 N–H and O–H groups in total. The molecule has 1 aliphatic rings. The van der Waals surface area contributed by atoms with Crippen molar-refractivity contribution in [3.63, 3.8) is 0 Å². The number of aryl methyl sites for hydroxylation is 1. The van der Waals surface area contributed by atoms with Crippen molar-refractivity contribution >= 4 is 17.3 Å². The lowest BCUT2D eigenvalue weighted by atomic mass is 10.0. The molecule has 4 heteroatoms. The van der Waals surface area contributed by atoms with Gasteiger partial charge in [0.25, 0.3) is 5.91 Å². The first-order chi connectivity index (χ1) is 9.27. The number of pyridine rings is 1. The molecule has 0 spiro atoms. The molecule has 96 valence electrons. The van der Waals surface area contributed by atoms with E-state index in [-0.39, 0.29) is 5.91 Å². The Hall–Kier alpha value is -2.36. The number of nitrogens with two attached hydrogens (primary N) is 1. The van der Waals surface area contributed by atoms with Crippen LogP contribution in [0.25, 0.3) is 0 Å². The summed E-state index contributed by atoms with van der Waals surface area (Å²) in [6.45, 7) is 0.734. The molecule has 2 heterocycles. The second-order valence-electron chi connectivity index (χ2n) is 4.65. The number of carbonyl (C=O) groups is 1. The monoisotopic (exact) mass is 253 g/mol. The molecule has 0 fully saturated rings. The maximum absolute atomic E-state index is 12.6. The summed E-state index contributed by atoms with van der Waals surface area (Å²) in [4.78, 5) is 18.3. The lowest BCUT2D eigenvalue weighted by molar-refractivity contribution is 0.0986. The summed E-state index contributed by atoms with van der Waals surface area (Å²) in [7, 11) is 0. The van der Waals surface area contributed by atoms with Gasteiger partial charge in [0, 0.05) is 18.4 Å². The highest BCUT2D eigenvalue weighted by Crippen LogP contribution is 2.28. The molecule has 0 unspecified atom stereocenters. The van der Waals surface area contributed by atoms with Gasteiger partial charge in [-0.3, -0.25) is 9.78 Å². The van der Waals surface area contributed by atoms with Crippen LogP contribution < -0.4 is 10.6 Å². The van der Waals surface area contributed by atoms with Crippen LogP contribution in [0.2, 0.25) is 0 Å². The van der Waals surface area contributed by atoms with E-state index in [1.54, 1.807) is 12.3 Å². The summed E-state index contributed by atoms with van der Waals surface area (Å²) in [5.74, 6) is -0.0490. The lowest BCUT2D eigenvalue weighted by Crippen LogP contribution is -2.35. The second kappa shape index (κ2) is 4.72. The minimum atomic E-state index is -0.0490. The number of anilines is 2. The van der Waals surface area contributed by atoms with Gasteiger partial charge in [-0.05, 0) is 30.5 Å². The summed E-state index contributed by atoms with van der Waals surface area (Å²) < 4.78 is 0. The maximum atomic E-state index is 12.6. The molecule has 3 rings (SSSR count). The smallest absolute Gasteiger partial charge is 0.260 e. The third-order valence-electron chi connectivity index (χ3n) is 3.44. The second-order valence-corrected chi connectivity index (χ2v) is 4.65. The molecule has 0 bridgehead atoms. The van der Waals surface area contributed by atoms with Gasteiger partial charge < -0.3 is 10.6 Å². The van der Waals surface area contributed by atoms with Crippen molar-refractivity contribution in [3.8, 4) is 0 Å². The normalized spacial score (nSPS) is 14.0. The molecule has 4 nitrogen and oxygen atoms in total. The quantitative estimate of drug-likeness (QED) is 0.848. The number of rotatable bonds is 1. The van der Waals surface area contributed by atoms with Crippen LogP contribution in [0, 0.1) is 0 Å². The van der Waals surface area contributed by atoms with Gasteiger partial charge in [-0.1, -0.05) is 18.2 Å². The molecule has 19 heavy (non-hydrogen) atoms. The Morgan fingerprint density at radius 3 is 2.95 bits per heavy atom. The summed E-state index contributed by atoms with van der Waals surface area (Å²) in [6, 6.07) is 9.71. The molecule has 1 amide bonds. The zero-order valence-electron chi connectivity index (χ0n) is 10.5. The fourth-order valence-corrected chi connectivity index (χ4v) is 2.49. The van der Waals surface area contributed by atoms with E-state index in [4.69, 9.17) is 5.73 Å². The van der Waals surface area contributed by atoms with Crippen molar-refractivity contribution in [2.45, 2.75) is 12.8 Å². The molecule has 1 aliphatic heterocycles. The highest BCUT2D eigenvalue weighted by Gasteiger charge is 2.24. The van der Waals surface area contributed by atoms with Gasteiger partial charge >= 0.3 is 0 Å². The summed E-state index contributed by atoms with van der Waals surface area (Å²) >= 11 is 0. The summed E-state index contributed by atoms with van der Waals surface area (Å²) in [6.07, 6.45) is 5.11. The number of carbonyl (C=O) groups excluding carboxylic acids is 1. The van der Waals surface area contributed by atoms with E-state index in [0.29, 0.717) is 11.3 Å². The van der Waals surface area contributed by atoms with E-state index in [1.807, 2.05) is 23.1 Å². The average molecular weight is 253 g/mol. The van der Waals surface area contributed by atoms with Gasteiger partial charge in [0.05, 0.1) is 17.4 Å². The standard InChI is InChI=1S/C15H15N3O/c16-13-10-17-8-7-12(13)15(19)18-9-3-5-11-4-1-2-6-14(11)18/h1-2,4,6-8,10H,3,5,9,16H2. The number of nitrogen functional groups attached to an aromatic ring is 1. The number of hydrogen-bond donors (Lipinski definition) is 1. The van der Waals surface area contributed by atoms with Gasteiger partial charge in [-0.2, -0.15) is 0 Å². The van der Waals surface area contributed by atoms with Crippen molar-refractivity contribution in [1.82, 2.24) is 4.98 Å². The predicted molar refractivity (Wildman–Crippen MR) is 75.1 cm³/mol. The zero-order chi connectivity index (χ0) is 13.2. The van der Waals surface area contributed by atoms with E-state index >= 15 is 0 Å². The Morgan fingerprint density at radius 1 is 1.26 bits per heavy atom. The highest BCUT2D eigenvalue weighted by atomic mass is 16.2. The van der Waals surface area contributed by atoms with Crippen LogP contribution in [-0.4, -0.2) is 17.4 Å². The molecular formula is C15H15N3O. The molecule has 0 saturated carbocycles. The van der Waals surface area contributed by atoms with Crippen LogP contribution in [0.3, 0.4) is 0 Å². The molecule has 1 aromatic heterocycles. The predicted octanol–water partition coefficient (Wildman–Crippen LogP) is 2.26. The number of nitrogens with zero attached hydrogens (tertiary/aromatic N) is 2. The number of benzene rings is 1. The van der Waals surface area contributed by atoms with Crippen LogP contribution in [0.15, 0.2) is 42.7 Å². The summed E-state index contributed by atoms with van der Waals surface area (Å²) in [5.41, 5.74) is 9.00. The van der Waals surface area contributed by atoms with Crippen LogP contribution in [0.5, 0.6) is 0 Å². The minimum absolute atomic E-state index is 0.0490. The van der Waals surface area contributed by atoms with Crippen molar-refractivity contribution in [1.29, 1.82) is 0 Å². The summed E-state index contributed by atoms with van der Waals surface area (Å²) in [5, 5.41) is 0. The topological polar surface area (TPSA) is 59.2 Å². The Morgan fingerprint density at radius 2 is 2.11 bits per heavy atom. The SMILES string of the molecule is Nc1cnccc1C(=O)N1CCCc2ccccc21. The third kappa shape index (κ3) is 2.05. The minimum Gasteiger partial charge on any atom is -0.397 e. The van der Waals surface area contributed by atoms with Crippen LogP contribution in [-0.2, 0) is 6.42 Å². The molecule has 0 atom stereocenters. The van der Waals surface area contributed by atoms with Crippen molar-refractivity contribution < 1.29 is 4.79 Å². The zero-order valence-corrected chi connectivity index (χ0v) is 10.5. The first-order valence-corrected chi connectivity index (χ1v) is 6.36. The van der Waals surface area contributed by atoms with Gasteiger partial charge in [0.15, 0.2) is 0 Å². The number of aromatic nitrogens is 1. The first kappa shape index (κ1) is 11.7. The van der Waals surface area contributed by atoms with Gasteiger partial charge in [0.1, 0.15) is 0 Å². The van der Waals surface area contributed by atoms with Gasteiger partial charge in [-0.15, -0.1) is 0 Å². The fraction of sp³-hybridized carbons (Fsp3) is 0.200. The van der Waals surface area contributed by atoms with E-state index in [1.165, 1.54) is 11.8 Å². The van der Waals surface area contributed by atoms with Crippen LogP contribution >= 0.6 is 0 Å². The van der Waals surface area contributed by atoms with E-state index in [0.717, 1.165) is 25.1 Å². The van der Waals surface area contributed by atoms with Crippen LogP contribution in [0.1, 0.15) is 22.3 Å². The Labute approximate surface area is 111 Å². The molecule has 0 aliphatic carbocycles. The van der Waals surface area contributed by atoms with Gasteiger partial charge in [0.2, 0.25) is 0 Å². The molecule has 0 saturated heterocycles. The third-order valence-corrected chi connectivity index (χ3v) is 3.44. The number of amides is 1. The van der Waals surface area contributed by atoms with E-state index < -0.39 is 0 Å². The van der Waals surface area contributed by atoms with Crippen molar-refractivity contribution in [2.24, 2.45) is 0 Å². The first-order valence-electron chi connectivity index (χ1n) is 6.36. The molecule has 1 aromatic carbocycles. The van der Waals surface area contributed by atoms with E-state index in [9.17, 15) is 4.79 Å². The van der Waals surface area contributed by atoms with Crippen molar-refractivity contribution in [2.75, 3.05) is 17.2 Å². The largest absolute Gasteiger partial charge is 0.397 e.